The summed E-state index contributed by atoms with van der Waals surface area (Å²) in [5, 5.41) is 4.43. The molecule has 1 fully saturated rings. The van der Waals surface area contributed by atoms with Crippen LogP contribution >= 0.6 is 0 Å². The lowest BCUT2D eigenvalue weighted by Crippen LogP contribution is -2.34. The summed E-state index contributed by atoms with van der Waals surface area (Å²) < 4.78 is 26.3. The topological polar surface area (TPSA) is 6.48 Å². The molecular weight excluding hydrogens is 318 g/mol. The summed E-state index contributed by atoms with van der Waals surface area (Å²) in [5.74, 6) is 0.288. The van der Waals surface area contributed by atoms with Crippen molar-refractivity contribution >= 4 is 5.69 Å². The van der Waals surface area contributed by atoms with Crippen LogP contribution in [0.4, 0.5) is 14.5 Å². The van der Waals surface area contributed by atoms with Crippen LogP contribution in [0.3, 0.4) is 0 Å². The van der Waals surface area contributed by atoms with Gasteiger partial charge in [-0.1, -0.05) is 12.1 Å². The lowest BCUT2D eigenvalue weighted by atomic mass is 10.0. The van der Waals surface area contributed by atoms with E-state index in [9.17, 15) is 8.78 Å². The molecule has 130 valence electrons. The Labute approximate surface area is 147 Å². The first-order valence-corrected chi connectivity index (χ1v) is 8.85. The molecule has 1 saturated carbocycles. The van der Waals surface area contributed by atoms with Crippen molar-refractivity contribution in [3.63, 3.8) is 0 Å². The molecule has 1 aliphatic heterocycles. The zero-order valence-corrected chi connectivity index (χ0v) is 14.4. The van der Waals surface area contributed by atoms with Gasteiger partial charge in [0.2, 0.25) is 0 Å². The van der Waals surface area contributed by atoms with Gasteiger partial charge in [0.25, 0.3) is 0 Å². The number of hydrazine groups is 1. The molecule has 2 nitrogen and oxygen atoms in total. The normalized spacial score (nSPS) is 17.6. The van der Waals surface area contributed by atoms with Gasteiger partial charge >= 0.3 is 0 Å². The van der Waals surface area contributed by atoms with Crippen LogP contribution in [-0.2, 0) is 6.42 Å². The number of halogens is 2. The maximum absolute atomic E-state index is 13.2. The highest BCUT2D eigenvalue weighted by Crippen LogP contribution is 2.43. The van der Waals surface area contributed by atoms with E-state index >= 15 is 0 Å². The molecule has 0 unspecified atom stereocenters. The third-order valence-corrected chi connectivity index (χ3v) is 5.20. The van der Waals surface area contributed by atoms with Gasteiger partial charge in [-0.15, -0.1) is 0 Å². The Balaban J connectivity index is 1.52. The number of hydrogen-bond donors (Lipinski definition) is 0. The van der Waals surface area contributed by atoms with Gasteiger partial charge < -0.3 is 0 Å². The molecule has 0 aromatic heterocycles. The van der Waals surface area contributed by atoms with Crippen LogP contribution in [0.1, 0.15) is 24.8 Å². The van der Waals surface area contributed by atoms with Crippen LogP contribution in [-0.4, -0.2) is 18.6 Å². The van der Waals surface area contributed by atoms with Crippen molar-refractivity contribution < 1.29 is 8.78 Å². The molecule has 4 rings (SSSR count). The molecule has 2 aromatic carbocycles. The number of aryl methyl sites for hydroxylation is 1. The number of nitrogens with zero attached hydrogens (tertiary/aromatic N) is 2. The van der Waals surface area contributed by atoms with E-state index in [1.54, 1.807) is 0 Å². The summed E-state index contributed by atoms with van der Waals surface area (Å²) in [5.41, 5.74) is 5.03. The number of benzene rings is 2. The molecule has 25 heavy (non-hydrogen) atoms. The highest BCUT2D eigenvalue weighted by Gasteiger charge is 2.36. The van der Waals surface area contributed by atoms with Crippen LogP contribution in [0.15, 0.2) is 59.8 Å². The van der Waals surface area contributed by atoms with Crippen molar-refractivity contribution in [2.24, 2.45) is 5.92 Å². The van der Waals surface area contributed by atoms with E-state index in [1.807, 2.05) is 24.3 Å². The summed E-state index contributed by atoms with van der Waals surface area (Å²) in [6, 6.07) is 13.5. The van der Waals surface area contributed by atoms with E-state index in [1.165, 1.54) is 48.4 Å². The molecule has 1 aliphatic carbocycles. The zero-order valence-electron chi connectivity index (χ0n) is 14.4. The molecule has 0 amide bonds. The summed E-state index contributed by atoms with van der Waals surface area (Å²) in [6.07, 6.45) is 4.36. The number of anilines is 1. The van der Waals surface area contributed by atoms with Crippen LogP contribution in [0.25, 0.3) is 0 Å². The molecule has 0 radical (unpaired) electrons. The van der Waals surface area contributed by atoms with E-state index in [-0.39, 0.29) is 11.6 Å². The number of allylic oxidation sites excluding steroid dienone is 1. The SMILES string of the molecule is CN1C(CCc2ccc(F)cc2)=C(C2CC2)CN1c1ccc(F)cc1. The monoisotopic (exact) mass is 340 g/mol. The van der Waals surface area contributed by atoms with Crippen molar-refractivity contribution in [1.82, 2.24) is 5.01 Å². The predicted molar refractivity (Wildman–Crippen MR) is 96.0 cm³/mol. The highest BCUT2D eigenvalue weighted by molar-refractivity contribution is 5.51. The van der Waals surface area contributed by atoms with E-state index in [0.29, 0.717) is 5.92 Å². The third kappa shape index (κ3) is 3.39. The molecule has 2 aliphatic rings. The summed E-state index contributed by atoms with van der Waals surface area (Å²) in [4.78, 5) is 0. The molecule has 0 N–H and O–H groups in total. The molecule has 1 heterocycles. The molecule has 0 atom stereocenters. The van der Waals surface area contributed by atoms with Crippen LogP contribution < -0.4 is 5.01 Å². The molecular formula is C21H22F2N2. The van der Waals surface area contributed by atoms with Crippen molar-refractivity contribution in [2.45, 2.75) is 25.7 Å². The summed E-state index contributed by atoms with van der Waals surface area (Å²) in [7, 11) is 2.08. The maximum Gasteiger partial charge on any atom is 0.123 e. The minimum absolute atomic E-state index is 0.192. The average Bonchev–Trinajstić information content (AvgIpc) is 3.40. The Morgan fingerprint density at radius 2 is 1.48 bits per heavy atom. The lowest BCUT2D eigenvalue weighted by molar-refractivity contribution is 0.406. The largest absolute Gasteiger partial charge is 0.292 e. The minimum atomic E-state index is -0.211. The quantitative estimate of drug-likeness (QED) is 0.761. The summed E-state index contributed by atoms with van der Waals surface area (Å²) in [6.45, 7) is 0.881. The van der Waals surface area contributed by atoms with Crippen molar-refractivity contribution in [2.75, 3.05) is 18.6 Å². The van der Waals surface area contributed by atoms with Gasteiger partial charge in [0.1, 0.15) is 11.6 Å². The Morgan fingerprint density at radius 1 is 0.880 bits per heavy atom. The second kappa shape index (κ2) is 6.51. The van der Waals surface area contributed by atoms with E-state index in [0.717, 1.165) is 30.6 Å². The minimum Gasteiger partial charge on any atom is -0.292 e. The van der Waals surface area contributed by atoms with E-state index in [2.05, 4.69) is 17.1 Å². The fourth-order valence-corrected chi connectivity index (χ4v) is 3.62. The third-order valence-electron chi connectivity index (χ3n) is 5.20. The van der Waals surface area contributed by atoms with Crippen LogP contribution in [0.5, 0.6) is 0 Å². The van der Waals surface area contributed by atoms with Crippen LogP contribution in [0, 0.1) is 17.6 Å². The second-order valence-corrected chi connectivity index (χ2v) is 6.93. The van der Waals surface area contributed by atoms with Gasteiger partial charge in [-0.3, -0.25) is 10.0 Å². The first-order valence-electron chi connectivity index (χ1n) is 8.85. The van der Waals surface area contributed by atoms with E-state index in [4.69, 9.17) is 0 Å². The Kier molecular flexibility index (Phi) is 4.20. The zero-order chi connectivity index (χ0) is 17.4. The van der Waals surface area contributed by atoms with Crippen molar-refractivity contribution in [1.29, 1.82) is 0 Å². The predicted octanol–water partition coefficient (Wildman–Crippen LogP) is 4.93. The van der Waals surface area contributed by atoms with Crippen molar-refractivity contribution in [3.05, 3.63) is 77.0 Å². The fourth-order valence-electron chi connectivity index (χ4n) is 3.62. The molecule has 0 spiro atoms. The van der Waals surface area contributed by atoms with Gasteiger partial charge in [0.05, 0.1) is 12.2 Å². The number of hydrogen-bond acceptors (Lipinski definition) is 2. The first-order chi connectivity index (χ1) is 12.1. The molecule has 0 bridgehead atoms. The molecule has 0 saturated heterocycles. The van der Waals surface area contributed by atoms with Crippen molar-refractivity contribution in [3.8, 4) is 0 Å². The highest BCUT2D eigenvalue weighted by atomic mass is 19.1. The molecule has 2 aromatic rings. The second-order valence-electron chi connectivity index (χ2n) is 6.93. The van der Waals surface area contributed by atoms with Crippen LogP contribution in [0.2, 0.25) is 0 Å². The number of rotatable bonds is 5. The Morgan fingerprint density at radius 3 is 2.08 bits per heavy atom. The standard InChI is InChI=1S/C21H22F2N2/c1-24-21(13-4-15-2-7-17(22)8-3-15)20(16-5-6-16)14-25(24)19-11-9-18(23)10-12-19/h2-3,7-12,16H,4-6,13-14H2,1H3. The Hall–Kier alpha value is -2.36. The van der Waals surface area contributed by atoms with E-state index < -0.39 is 0 Å². The lowest BCUT2D eigenvalue weighted by Gasteiger charge is -2.30. The van der Waals surface area contributed by atoms with Gasteiger partial charge in [-0.2, -0.15) is 0 Å². The maximum atomic E-state index is 13.2. The smallest absolute Gasteiger partial charge is 0.123 e. The fraction of sp³-hybridized carbons (Fsp3) is 0.333. The van der Waals surface area contributed by atoms with Gasteiger partial charge in [-0.25, -0.2) is 8.78 Å². The van der Waals surface area contributed by atoms with Gasteiger partial charge in [0, 0.05) is 12.7 Å². The summed E-state index contributed by atoms with van der Waals surface area (Å²) >= 11 is 0. The average molecular weight is 340 g/mol. The first kappa shape index (κ1) is 16.1. The van der Waals surface area contributed by atoms with Gasteiger partial charge in [-0.05, 0) is 79.1 Å². The Bertz CT molecular complexity index is 777. The van der Waals surface area contributed by atoms with Gasteiger partial charge in [0.15, 0.2) is 0 Å². The molecule has 4 heteroatoms.